The van der Waals surface area contributed by atoms with Crippen LogP contribution in [0.25, 0.3) is 0 Å². The van der Waals surface area contributed by atoms with Gasteiger partial charge < -0.3 is 15.4 Å². The molecule has 1 aliphatic heterocycles. The van der Waals surface area contributed by atoms with Crippen LogP contribution in [-0.4, -0.2) is 55.4 Å². The Morgan fingerprint density at radius 2 is 1.76 bits per heavy atom. The van der Waals surface area contributed by atoms with Gasteiger partial charge >= 0.3 is 11.8 Å². The molecule has 9 nitrogen and oxygen atoms in total. The second kappa shape index (κ2) is 9.07. The number of ether oxygens (including phenoxy) is 1. The molecule has 29 heavy (non-hydrogen) atoms. The summed E-state index contributed by atoms with van der Waals surface area (Å²) in [7, 11) is -3.94. The number of nitrogens with one attached hydrogen (secondary N) is 2. The first-order valence-corrected chi connectivity index (χ1v) is 10.2. The fourth-order valence-corrected chi connectivity index (χ4v) is 4.22. The fraction of sp³-hybridized carbons (Fsp3) is 0.278. The molecule has 2 N–H and O–H groups in total. The van der Waals surface area contributed by atoms with E-state index in [1.807, 2.05) is 0 Å². The van der Waals surface area contributed by atoms with Gasteiger partial charge in [-0.3, -0.25) is 14.6 Å². The Kier molecular flexibility index (Phi) is 6.52. The predicted molar refractivity (Wildman–Crippen MR) is 99.1 cm³/mol. The zero-order valence-corrected chi connectivity index (χ0v) is 16.1. The third-order valence-corrected chi connectivity index (χ3v) is 6.11. The van der Waals surface area contributed by atoms with Crippen molar-refractivity contribution in [1.29, 1.82) is 0 Å². The van der Waals surface area contributed by atoms with Gasteiger partial charge in [0.1, 0.15) is 12.0 Å². The molecule has 11 heteroatoms. The number of carbonyl (C=O) groups excluding carboxylic acids is 2. The van der Waals surface area contributed by atoms with Gasteiger partial charge in [0.15, 0.2) is 0 Å². The predicted octanol–water partition coefficient (Wildman–Crippen LogP) is 0.000300. The molecule has 0 aliphatic carbocycles. The Labute approximate surface area is 166 Å². The van der Waals surface area contributed by atoms with Gasteiger partial charge in [-0.25, -0.2) is 12.8 Å². The van der Waals surface area contributed by atoms with Gasteiger partial charge in [0.2, 0.25) is 10.0 Å². The highest BCUT2D eigenvalue weighted by Gasteiger charge is 2.36. The standard InChI is InChI=1S/C18H19FN4O5S/c19-14-1-3-15(4-2-14)29(26,27)23-9-10-28-16(23)12-22-18(25)17(24)21-11-13-5-7-20-8-6-13/h1-8,16H,9-12H2,(H,21,24)(H,22,25)/t16-/m1/s1. The number of rotatable bonds is 6. The zero-order valence-electron chi connectivity index (χ0n) is 15.2. The minimum atomic E-state index is -3.94. The van der Waals surface area contributed by atoms with Crippen LogP contribution in [0.1, 0.15) is 5.56 Å². The van der Waals surface area contributed by atoms with Crippen LogP contribution in [0.5, 0.6) is 0 Å². The monoisotopic (exact) mass is 422 g/mol. The third kappa shape index (κ3) is 5.13. The normalized spacial score (nSPS) is 17.1. The first kappa shape index (κ1) is 20.8. The lowest BCUT2D eigenvalue weighted by molar-refractivity contribution is -0.139. The SMILES string of the molecule is O=C(NCc1ccncc1)C(=O)NC[C@H]1OCCN1S(=O)(=O)c1ccc(F)cc1. The van der Waals surface area contributed by atoms with Gasteiger partial charge in [0.25, 0.3) is 0 Å². The quantitative estimate of drug-likeness (QED) is 0.633. The number of benzene rings is 1. The van der Waals surface area contributed by atoms with Crippen LogP contribution in [0.15, 0.2) is 53.7 Å². The van der Waals surface area contributed by atoms with Crippen LogP contribution < -0.4 is 10.6 Å². The molecule has 1 aromatic carbocycles. The average Bonchev–Trinajstić information content (AvgIpc) is 3.21. The summed E-state index contributed by atoms with van der Waals surface area (Å²) in [5.41, 5.74) is 0.775. The second-order valence-electron chi connectivity index (χ2n) is 6.14. The largest absolute Gasteiger partial charge is 0.359 e. The van der Waals surface area contributed by atoms with Crippen molar-refractivity contribution < 1.29 is 27.1 Å². The minimum absolute atomic E-state index is 0.0779. The number of amides is 2. The summed E-state index contributed by atoms with van der Waals surface area (Å²) in [6, 6.07) is 7.81. The van der Waals surface area contributed by atoms with E-state index < -0.39 is 33.9 Å². The maximum Gasteiger partial charge on any atom is 0.309 e. The van der Waals surface area contributed by atoms with Gasteiger partial charge in [-0.2, -0.15) is 4.31 Å². The molecule has 0 radical (unpaired) electrons. The molecule has 1 atom stereocenters. The van der Waals surface area contributed by atoms with E-state index in [4.69, 9.17) is 4.74 Å². The maximum atomic E-state index is 13.1. The molecule has 0 unspecified atom stereocenters. The van der Waals surface area contributed by atoms with Gasteiger partial charge in [-0.1, -0.05) is 0 Å². The lowest BCUT2D eigenvalue weighted by Gasteiger charge is -2.22. The van der Waals surface area contributed by atoms with Crippen LogP contribution in [0, 0.1) is 5.82 Å². The molecule has 1 fully saturated rings. The van der Waals surface area contributed by atoms with E-state index in [0.29, 0.717) is 0 Å². The molecular formula is C18H19FN4O5S. The van der Waals surface area contributed by atoms with E-state index in [-0.39, 0.29) is 31.1 Å². The Morgan fingerprint density at radius 1 is 1.10 bits per heavy atom. The van der Waals surface area contributed by atoms with Crippen LogP contribution in [0.4, 0.5) is 4.39 Å². The number of sulfonamides is 1. The number of hydrogen-bond donors (Lipinski definition) is 2. The highest BCUT2D eigenvalue weighted by atomic mass is 32.2. The van der Waals surface area contributed by atoms with Gasteiger partial charge in [0, 0.05) is 25.5 Å². The van der Waals surface area contributed by atoms with Crippen molar-refractivity contribution in [2.75, 3.05) is 19.7 Å². The molecule has 2 amide bonds. The molecule has 2 aromatic rings. The second-order valence-corrected chi connectivity index (χ2v) is 8.03. The number of hydrogen-bond acceptors (Lipinski definition) is 6. The number of aromatic nitrogens is 1. The highest BCUT2D eigenvalue weighted by molar-refractivity contribution is 7.89. The van der Waals surface area contributed by atoms with Crippen LogP contribution >= 0.6 is 0 Å². The summed E-state index contributed by atoms with van der Waals surface area (Å²) in [6.07, 6.45) is 2.16. The van der Waals surface area contributed by atoms with Crippen molar-refractivity contribution in [3.63, 3.8) is 0 Å². The topological polar surface area (TPSA) is 118 Å². The molecule has 1 saturated heterocycles. The molecule has 0 spiro atoms. The van der Waals surface area contributed by atoms with E-state index in [9.17, 15) is 22.4 Å². The average molecular weight is 422 g/mol. The third-order valence-electron chi connectivity index (χ3n) is 4.21. The summed E-state index contributed by atoms with van der Waals surface area (Å²) >= 11 is 0. The van der Waals surface area contributed by atoms with E-state index in [1.165, 1.54) is 0 Å². The molecule has 3 rings (SSSR count). The van der Waals surface area contributed by atoms with Gasteiger partial charge in [-0.15, -0.1) is 0 Å². The molecule has 154 valence electrons. The molecule has 0 saturated carbocycles. The molecule has 2 heterocycles. The number of nitrogens with zero attached hydrogens (tertiary/aromatic N) is 2. The van der Waals surface area contributed by atoms with Crippen molar-refractivity contribution in [2.45, 2.75) is 17.7 Å². The summed E-state index contributed by atoms with van der Waals surface area (Å²) < 4.78 is 44.9. The van der Waals surface area contributed by atoms with Crippen molar-refractivity contribution in [2.24, 2.45) is 0 Å². The zero-order chi connectivity index (χ0) is 20.9. The molecule has 1 aromatic heterocycles. The molecular weight excluding hydrogens is 403 g/mol. The van der Waals surface area contributed by atoms with Crippen molar-refractivity contribution in [3.8, 4) is 0 Å². The van der Waals surface area contributed by atoms with E-state index in [1.54, 1.807) is 24.5 Å². The first-order valence-electron chi connectivity index (χ1n) is 8.72. The summed E-state index contributed by atoms with van der Waals surface area (Å²) in [5, 5.41) is 4.83. The van der Waals surface area contributed by atoms with E-state index in [0.717, 1.165) is 34.1 Å². The van der Waals surface area contributed by atoms with Crippen LogP contribution in [-0.2, 0) is 30.9 Å². The van der Waals surface area contributed by atoms with Gasteiger partial charge in [0.05, 0.1) is 18.0 Å². The number of carbonyl (C=O) groups is 2. The Hall–Kier alpha value is -2.89. The fourth-order valence-electron chi connectivity index (χ4n) is 2.71. The summed E-state index contributed by atoms with van der Waals surface area (Å²) in [4.78, 5) is 27.7. The van der Waals surface area contributed by atoms with Crippen LogP contribution in [0.2, 0.25) is 0 Å². The van der Waals surface area contributed by atoms with Crippen molar-refractivity contribution in [1.82, 2.24) is 19.9 Å². The summed E-state index contributed by atoms with van der Waals surface area (Å²) in [6.45, 7) is 0.158. The Bertz CT molecular complexity index is 970. The van der Waals surface area contributed by atoms with Gasteiger partial charge in [-0.05, 0) is 42.0 Å². The first-order chi connectivity index (χ1) is 13.9. The van der Waals surface area contributed by atoms with E-state index >= 15 is 0 Å². The Balaban J connectivity index is 1.55. The smallest absolute Gasteiger partial charge is 0.309 e. The van der Waals surface area contributed by atoms with Crippen LogP contribution in [0.3, 0.4) is 0 Å². The number of pyridine rings is 1. The summed E-state index contributed by atoms with van der Waals surface area (Å²) in [5.74, 6) is -2.32. The minimum Gasteiger partial charge on any atom is -0.359 e. The molecule has 0 bridgehead atoms. The lowest BCUT2D eigenvalue weighted by Crippen LogP contribution is -2.47. The Morgan fingerprint density at radius 3 is 2.45 bits per heavy atom. The molecule has 1 aliphatic rings. The maximum absolute atomic E-state index is 13.1. The number of halogens is 1. The van der Waals surface area contributed by atoms with Crippen molar-refractivity contribution >= 4 is 21.8 Å². The lowest BCUT2D eigenvalue weighted by atomic mass is 10.3. The van der Waals surface area contributed by atoms with Crippen molar-refractivity contribution in [3.05, 3.63) is 60.2 Å². The highest BCUT2D eigenvalue weighted by Crippen LogP contribution is 2.22. The van der Waals surface area contributed by atoms with E-state index in [2.05, 4.69) is 15.6 Å².